The normalized spacial score (nSPS) is 17.0. The van der Waals surface area contributed by atoms with E-state index in [0.29, 0.717) is 12.3 Å². The first kappa shape index (κ1) is 17.2. The zero-order valence-electron chi connectivity index (χ0n) is 15.1. The molecule has 1 heterocycles. The molecule has 2 aromatic rings. The van der Waals surface area contributed by atoms with Crippen LogP contribution in [0.1, 0.15) is 28.7 Å². The second kappa shape index (κ2) is 6.71. The van der Waals surface area contributed by atoms with Gasteiger partial charge in [-0.1, -0.05) is 35.9 Å². The molecule has 0 radical (unpaired) electrons. The predicted octanol–water partition coefficient (Wildman–Crippen LogP) is 3.88. The average Bonchev–Trinajstić information content (AvgIpc) is 2.93. The molecule has 1 aliphatic rings. The molecule has 0 aliphatic carbocycles. The molecule has 1 atom stereocenters. The summed E-state index contributed by atoms with van der Waals surface area (Å²) in [7, 11) is 0. The number of hydrogen-bond donors (Lipinski definition) is 0. The van der Waals surface area contributed by atoms with Gasteiger partial charge < -0.3 is 9.64 Å². The first-order valence-electron chi connectivity index (χ1n) is 8.52. The molecule has 0 unspecified atom stereocenters. The van der Waals surface area contributed by atoms with E-state index in [1.165, 1.54) is 0 Å². The molecule has 0 N–H and O–H groups in total. The molecular weight excluding hydrogens is 314 g/mol. The van der Waals surface area contributed by atoms with Gasteiger partial charge in [-0.25, -0.2) is 0 Å². The second-order valence-corrected chi connectivity index (χ2v) is 6.84. The van der Waals surface area contributed by atoms with E-state index in [1.54, 1.807) is 4.90 Å². The van der Waals surface area contributed by atoms with E-state index in [1.807, 2.05) is 64.1 Å². The van der Waals surface area contributed by atoms with Crippen LogP contribution in [0.2, 0.25) is 0 Å². The highest BCUT2D eigenvalue weighted by Crippen LogP contribution is 2.30. The van der Waals surface area contributed by atoms with Crippen LogP contribution in [0.15, 0.2) is 36.4 Å². The van der Waals surface area contributed by atoms with Crippen LogP contribution in [0.25, 0.3) is 0 Å². The van der Waals surface area contributed by atoms with Crippen molar-refractivity contribution in [1.82, 2.24) is 0 Å². The number of ether oxygens (including phenoxy) is 1. The highest BCUT2D eigenvalue weighted by molar-refractivity contribution is 6.00. The maximum absolute atomic E-state index is 12.6. The van der Waals surface area contributed by atoms with Gasteiger partial charge in [-0.2, -0.15) is 0 Å². The minimum atomic E-state index is -0.438. The molecule has 2 aromatic carbocycles. The van der Waals surface area contributed by atoms with E-state index in [4.69, 9.17) is 4.74 Å². The number of para-hydroxylation sites is 1. The van der Waals surface area contributed by atoms with Crippen molar-refractivity contribution < 1.29 is 14.3 Å². The Bertz CT molecular complexity index is 821. The van der Waals surface area contributed by atoms with Crippen molar-refractivity contribution >= 4 is 17.6 Å². The third-order valence-electron chi connectivity index (χ3n) is 4.71. The maximum atomic E-state index is 12.6. The molecule has 4 heteroatoms. The van der Waals surface area contributed by atoms with Crippen LogP contribution in [0.5, 0.6) is 5.75 Å². The summed E-state index contributed by atoms with van der Waals surface area (Å²) in [6.07, 6.45) is 0.192. The molecule has 0 aromatic heterocycles. The van der Waals surface area contributed by atoms with Gasteiger partial charge in [-0.15, -0.1) is 0 Å². The molecule has 1 aliphatic heterocycles. The molecule has 3 rings (SSSR count). The molecule has 1 saturated heterocycles. The van der Waals surface area contributed by atoms with Crippen LogP contribution < -0.4 is 9.64 Å². The van der Waals surface area contributed by atoms with E-state index in [2.05, 4.69) is 0 Å². The number of rotatable bonds is 3. The van der Waals surface area contributed by atoms with E-state index >= 15 is 0 Å². The van der Waals surface area contributed by atoms with Crippen molar-refractivity contribution in [2.45, 2.75) is 34.1 Å². The van der Waals surface area contributed by atoms with E-state index in [9.17, 15) is 9.59 Å². The summed E-state index contributed by atoms with van der Waals surface area (Å²) in [5, 5.41) is 0. The quantitative estimate of drug-likeness (QED) is 0.631. The Hall–Kier alpha value is -2.62. The summed E-state index contributed by atoms with van der Waals surface area (Å²) >= 11 is 0. The summed E-state index contributed by atoms with van der Waals surface area (Å²) in [6, 6.07) is 11.7. The molecule has 0 spiro atoms. The van der Waals surface area contributed by atoms with Crippen LogP contribution in [-0.4, -0.2) is 18.4 Å². The van der Waals surface area contributed by atoms with Gasteiger partial charge in [0.2, 0.25) is 5.91 Å². The van der Waals surface area contributed by atoms with E-state index in [0.717, 1.165) is 27.9 Å². The molecular formula is C21H23NO3. The van der Waals surface area contributed by atoms with Gasteiger partial charge in [0.05, 0.1) is 5.92 Å². The lowest BCUT2D eigenvalue weighted by Gasteiger charge is -2.19. The Labute approximate surface area is 148 Å². The summed E-state index contributed by atoms with van der Waals surface area (Å²) in [5.41, 5.74) is 4.90. The van der Waals surface area contributed by atoms with E-state index < -0.39 is 5.92 Å². The summed E-state index contributed by atoms with van der Waals surface area (Å²) in [4.78, 5) is 26.7. The number of hydrogen-bond acceptors (Lipinski definition) is 3. The Morgan fingerprint density at radius 2 is 1.72 bits per heavy atom. The van der Waals surface area contributed by atoms with Gasteiger partial charge >= 0.3 is 5.97 Å². The Morgan fingerprint density at radius 1 is 1.04 bits per heavy atom. The Morgan fingerprint density at radius 3 is 2.36 bits per heavy atom. The standard InChI is InChI=1S/C21H23NO3/c1-13-8-9-18(16(4)10-13)22-12-17(11-19(22)23)21(24)25-20-14(2)6-5-7-15(20)3/h5-10,17H,11-12H2,1-4H3/t17-/m1/s1. The SMILES string of the molecule is Cc1ccc(N2C[C@H](C(=O)Oc3c(C)cccc3C)CC2=O)c(C)c1. The van der Waals surface area contributed by atoms with Crippen molar-refractivity contribution in [2.24, 2.45) is 5.92 Å². The van der Waals surface area contributed by atoms with Gasteiger partial charge in [0.25, 0.3) is 0 Å². The predicted molar refractivity (Wildman–Crippen MR) is 97.9 cm³/mol. The van der Waals surface area contributed by atoms with Crippen LogP contribution >= 0.6 is 0 Å². The van der Waals surface area contributed by atoms with Gasteiger partial charge in [-0.05, 0) is 50.5 Å². The highest BCUT2D eigenvalue weighted by Gasteiger charge is 2.37. The summed E-state index contributed by atoms with van der Waals surface area (Å²) in [5.74, 6) is -0.203. The number of nitrogens with zero attached hydrogens (tertiary/aromatic N) is 1. The molecule has 0 saturated carbocycles. The number of aryl methyl sites for hydroxylation is 4. The molecule has 25 heavy (non-hydrogen) atoms. The second-order valence-electron chi connectivity index (χ2n) is 6.84. The number of carbonyl (C=O) groups excluding carboxylic acids is 2. The number of esters is 1. The van der Waals surface area contributed by atoms with Gasteiger partial charge in [0, 0.05) is 18.7 Å². The van der Waals surface area contributed by atoms with Crippen molar-refractivity contribution in [1.29, 1.82) is 0 Å². The van der Waals surface area contributed by atoms with Crippen molar-refractivity contribution in [3.8, 4) is 5.75 Å². The van der Waals surface area contributed by atoms with Crippen LogP contribution in [0, 0.1) is 33.6 Å². The molecule has 1 fully saturated rings. The van der Waals surface area contributed by atoms with Crippen molar-refractivity contribution in [2.75, 3.05) is 11.4 Å². The zero-order valence-corrected chi connectivity index (χ0v) is 15.1. The van der Waals surface area contributed by atoms with Gasteiger partial charge in [0.1, 0.15) is 5.75 Å². The Kier molecular flexibility index (Phi) is 4.62. The minimum Gasteiger partial charge on any atom is -0.426 e. The average molecular weight is 337 g/mol. The van der Waals surface area contributed by atoms with Crippen molar-refractivity contribution in [3.05, 3.63) is 58.7 Å². The smallest absolute Gasteiger partial charge is 0.316 e. The lowest BCUT2D eigenvalue weighted by atomic mass is 10.1. The lowest BCUT2D eigenvalue weighted by Crippen LogP contribution is -2.28. The number of anilines is 1. The largest absolute Gasteiger partial charge is 0.426 e. The van der Waals surface area contributed by atoms with Crippen LogP contribution in [0.4, 0.5) is 5.69 Å². The first-order chi connectivity index (χ1) is 11.9. The molecule has 0 bridgehead atoms. The fraction of sp³-hybridized carbons (Fsp3) is 0.333. The third-order valence-corrected chi connectivity index (χ3v) is 4.71. The number of carbonyl (C=O) groups is 2. The minimum absolute atomic E-state index is 0.0320. The third kappa shape index (κ3) is 3.43. The fourth-order valence-corrected chi connectivity index (χ4v) is 3.35. The van der Waals surface area contributed by atoms with E-state index in [-0.39, 0.29) is 18.3 Å². The number of amides is 1. The van der Waals surface area contributed by atoms with Gasteiger partial charge in [-0.3, -0.25) is 9.59 Å². The molecule has 1 amide bonds. The van der Waals surface area contributed by atoms with Gasteiger partial charge in [0.15, 0.2) is 0 Å². The van der Waals surface area contributed by atoms with Crippen LogP contribution in [0.3, 0.4) is 0 Å². The Balaban J connectivity index is 1.77. The molecule has 130 valence electrons. The summed E-state index contributed by atoms with van der Waals surface area (Å²) in [6.45, 7) is 8.20. The maximum Gasteiger partial charge on any atom is 0.316 e. The topological polar surface area (TPSA) is 46.6 Å². The summed E-state index contributed by atoms with van der Waals surface area (Å²) < 4.78 is 5.62. The lowest BCUT2D eigenvalue weighted by molar-refractivity contribution is -0.139. The zero-order chi connectivity index (χ0) is 18.1. The van der Waals surface area contributed by atoms with Crippen LogP contribution in [-0.2, 0) is 9.59 Å². The molecule has 4 nitrogen and oxygen atoms in total. The monoisotopic (exact) mass is 337 g/mol. The fourth-order valence-electron chi connectivity index (χ4n) is 3.35. The number of benzene rings is 2. The van der Waals surface area contributed by atoms with Crippen molar-refractivity contribution in [3.63, 3.8) is 0 Å². The highest BCUT2D eigenvalue weighted by atomic mass is 16.5. The first-order valence-corrected chi connectivity index (χ1v) is 8.52.